The van der Waals surface area contributed by atoms with E-state index in [0.717, 1.165) is 24.9 Å². The normalized spacial score (nSPS) is 25.9. The lowest BCUT2D eigenvalue weighted by Crippen LogP contribution is -2.35. The third-order valence-corrected chi connectivity index (χ3v) is 4.23. The number of methoxy groups -OCH3 is 1. The van der Waals surface area contributed by atoms with Crippen LogP contribution in [0.2, 0.25) is 0 Å². The molecule has 1 saturated carbocycles. The van der Waals surface area contributed by atoms with Gasteiger partial charge in [0.25, 0.3) is 0 Å². The molecule has 1 aliphatic carbocycles. The Hall–Kier alpha value is -1.09. The molecule has 1 saturated heterocycles. The fraction of sp³-hybridized carbons (Fsp3) is 0.571. The van der Waals surface area contributed by atoms with Gasteiger partial charge in [0.05, 0.1) is 7.11 Å². The summed E-state index contributed by atoms with van der Waals surface area (Å²) in [5.74, 6) is 0.483. The van der Waals surface area contributed by atoms with Crippen molar-refractivity contribution in [1.82, 2.24) is 5.32 Å². The van der Waals surface area contributed by atoms with Gasteiger partial charge in [-0.05, 0) is 43.9 Å². The van der Waals surface area contributed by atoms with Gasteiger partial charge in [0.1, 0.15) is 11.6 Å². The van der Waals surface area contributed by atoms with Crippen LogP contribution in [0.1, 0.15) is 31.2 Å². The van der Waals surface area contributed by atoms with Crippen molar-refractivity contribution in [3.05, 3.63) is 29.6 Å². The van der Waals surface area contributed by atoms with Crippen molar-refractivity contribution >= 4 is 0 Å². The van der Waals surface area contributed by atoms with Gasteiger partial charge in [-0.15, -0.1) is 0 Å². The highest BCUT2D eigenvalue weighted by Crippen LogP contribution is 2.53. The van der Waals surface area contributed by atoms with Crippen LogP contribution in [-0.2, 0) is 5.41 Å². The largest absolute Gasteiger partial charge is 0.497 e. The van der Waals surface area contributed by atoms with Gasteiger partial charge in [-0.25, -0.2) is 4.39 Å². The topological polar surface area (TPSA) is 21.3 Å². The molecule has 2 nitrogen and oxygen atoms in total. The lowest BCUT2D eigenvalue weighted by atomic mass is 9.86. The minimum Gasteiger partial charge on any atom is -0.497 e. The molecular weight excluding hydrogens is 217 g/mol. The summed E-state index contributed by atoms with van der Waals surface area (Å²) >= 11 is 0. The first kappa shape index (κ1) is 11.0. The first-order chi connectivity index (χ1) is 8.26. The first-order valence-corrected chi connectivity index (χ1v) is 6.34. The number of rotatable bonds is 3. The second-order valence-electron chi connectivity index (χ2n) is 5.15. The molecule has 2 aliphatic rings. The molecule has 0 radical (unpaired) electrons. The molecule has 92 valence electrons. The molecule has 0 bridgehead atoms. The molecule has 1 aliphatic heterocycles. The van der Waals surface area contributed by atoms with Crippen LogP contribution in [0.5, 0.6) is 5.75 Å². The van der Waals surface area contributed by atoms with Crippen LogP contribution in [0.4, 0.5) is 4.39 Å². The summed E-state index contributed by atoms with van der Waals surface area (Å²) in [6, 6.07) is 5.74. The molecule has 0 aromatic heterocycles. The Morgan fingerprint density at radius 2 is 2.24 bits per heavy atom. The van der Waals surface area contributed by atoms with Gasteiger partial charge in [0.2, 0.25) is 0 Å². The van der Waals surface area contributed by atoms with E-state index in [0.29, 0.717) is 11.8 Å². The monoisotopic (exact) mass is 235 g/mol. The summed E-state index contributed by atoms with van der Waals surface area (Å²) in [5.41, 5.74) is 0.935. The highest BCUT2D eigenvalue weighted by molar-refractivity contribution is 5.39. The van der Waals surface area contributed by atoms with Crippen LogP contribution in [0, 0.1) is 5.82 Å². The van der Waals surface area contributed by atoms with Crippen molar-refractivity contribution < 1.29 is 9.13 Å². The lowest BCUT2D eigenvalue weighted by molar-refractivity contribution is 0.406. The first-order valence-electron chi connectivity index (χ1n) is 6.34. The predicted octanol–water partition coefficient (Wildman–Crippen LogP) is 2.62. The summed E-state index contributed by atoms with van der Waals surface area (Å²) in [7, 11) is 1.57. The van der Waals surface area contributed by atoms with Crippen molar-refractivity contribution in [2.75, 3.05) is 13.7 Å². The Bertz CT molecular complexity index is 422. The molecule has 1 aromatic carbocycles. The van der Waals surface area contributed by atoms with Crippen LogP contribution in [0.25, 0.3) is 0 Å². The van der Waals surface area contributed by atoms with Crippen molar-refractivity contribution in [2.24, 2.45) is 0 Å². The van der Waals surface area contributed by atoms with Crippen molar-refractivity contribution in [3.8, 4) is 5.75 Å². The number of ether oxygens (including phenoxy) is 1. The van der Waals surface area contributed by atoms with Crippen molar-refractivity contribution in [1.29, 1.82) is 0 Å². The summed E-state index contributed by atoms with van der Waals surface area (Å²) in [6.07, 6.45) is 4.59. The van der Waals surface area contributed by atoms with E-state index in [9.17, 15) is 4.39 Å². The van der Waals surface area contributed by atoms with Crippen molar-refractivity contribution in [3.63, 3.8) is 0 Å². The number of halogens is 1. The molecule has 3 rings (SSSR count). The molecule has 17 heavy (non-hydrogen) atoms. The minimum atomic E-state index is -0.115. The molecule has 1 aromatic rings. The van der Waals surface area contributed by atoms with E-state index < -0.39 is 0 Å². The highest BCUT2D eigenvalue weighted by atomic mass is 19.1. The molecule has 1 unspecified atom stereocenters. The van der Waals surface area contributed by atoms with Gasteiger partial charge in [-0.1, -0.05) is 6.07 Å². The zero-order valence-corrected chi connectivity index (χ0v) is 10.1. The molecule has 3 heteroatoms. The molecule has 1 atom stereocenters. The van der Waals surface area contributed by atoms with Gasteiger partial charge in [-0.2, -0.15) is 0 Å². The second-order valence-corrected chi connectivity index (χ2v) is 5.15. The predicted molar refractivity (Wildman–Crippen MR) is 64.9 cm³/mol. The molecule has 2 fully saturated rings. The Morgan fingerprint density at radius 1 is 1.41 bits per heavy atom. The maximum absolute atomic E-state index is 14.1. The van der Waals surface area contributed by atoms with E-state index in [4.69, 9.17) is 4.74 Å². The summed E-state index contributed by atoms with van der Waals surface area (Å²) in [6.45, 7) is 1.07. The fourth-order valence-corrected chi connectivity index (χ4v) is 3.12. The molecule has 0 amide bonds. The average molecular weight is 235 g/mol. The highest BCUT2D eigenvalue weighted by Gasteiger charge is 2.52. The number of benzene rings is 1. The zero-order chi connectivity index (χ0) is 11.9. The average Bonchev–Trinajstić information content (AvgIpc) is 2.95. The molecule has 1 heterocycles. The Labute approximate surface area is 101 Å². The Kier molecular flexibility index (Phi) is 2.58. The SMILES string of the molecule is COc1ccc(C2(C3CCCN3)CC2)c(F)c1. The van der Waals surface area contributed by atoms with Crippen LogP contribution in [0.3, 0.4) is 0 Å². The molecule has 1 N–H and O–H groups in total. The van der Waals surface area contributed by atoms with E-state index in [1.165, 1.54) is 18.9 Å². The number of nitrogens with one attached hydrogen (secondary N) is 1. The quantitative estimate of drug-likeness (QED) is 0.869. The van der Waals surface area contributed by atoms with Crippen molar-refractivity contribution in [2.45, 2.75) is 37.1 Å². The lowest BCUT2D eigenvalue weighted by Gasteiger charge is -2.24. The van der Waals surface area contributed by atoms with Gasteiger partial charge >= 0.3 is 0 Å². The van der Waals surface area contributed by atoms with Gasteiger partial charge in [0, 0.05) is 17.5 Å². The fourth-order valence-electron chi connectivity index (χ4n) is 3.12. The molecule has 0 spiro atoms. The maximum Gasteiger partial charge on any atom is 0.130 e. The number of hydrogen-bond acceptors (Lipinski definition) is 2. The van der Waals surface area contributed by atoms with E-state index in [2.05, 4.69) is 5.32 Å². The summed E-state index contributed by atoms with van der Waals surface area (Å²) < 4.78 is 19.2. The zero-order valence-electron chi connectivity index (χ0n) is 10.1. The van der Waals surface area contributed by atoms with Gasteiger partial charge in [0.15, 0.2) is 0 Å². The van der Waals surface area contributed by atoms with E-state index in [-0.39, 0.29) is 11.2 Å². The van der Waals surface area contributed by atoms with Crippen LogP contribution < -0.4 is 10.1 Å². The van der Waals surface area contributed by atoms with Gasteiger partial charge < -0.3 is 10.1 Å². The van der Waals surface area contributed by atoms with Crippen LogP contribution in [-0.4, -0.2) is 19.7 Å². The van der Waals surface area contributed by atoms with E-state index in [1.807, 2.05) is 12.1 Å². The smallest absolute Gasteiger partial charge is 0.130 e. The third kappa shape index (κ3) is 1.73. The van der Waals surface area contributed by atoms with Gasteiger partial charge in [-0.3, -0.25) is 0 Å². The van der Waals surface area contributed by atoms with Crippen LogP contribution in [0.15, 0.2) is 18.2 Å². The number of hydrogen-bond donors (Lipinski definition) is 1. The summed E-state index contributed by atoms with van der Waals surface area (Å²) in [5, 5.41) is 3.52. The molecular formula is C14H18FNO. The van der Waals surface area contributed by atoms with E-state index in [1.54, 1.807) is 7.11 Å². The van der Waals surface area contributed by atoms with E-state index >= 15 is 0 Å². The Morgan fingerprint density at radius 3 is 2.76 bits per heavy atom. The van der Waals surface area contributed by atoms with Crippen LogP contribution >= 0.6 is 0 Å². The maximum atomic E-state index is 14.1. The Balaban J connectivity index is 1.93. The third-order valence-electron chi connectivity index (χ3n) is 4.23. The minimum absolute atomic E-state index is 0.0624. The standard InChI is InChI=1S/C14H18FNO/c1-17-10-4-5-11(12(15)9-10)14(6-7-14)13-3-2-8-16-13/h4-5,9,13,16H,2-3,6-8H2,1H3. The summed E-state index contributed by atoms with van der Waals surface area (Å²) in [4.78, 5) is 0. The second kappa shape index (κ2) is 3.98.